The highest BCUT2D eigenvalue weighted by Crippen LogP contribution is 2.30. The van der Waals surface area contributed by atoms with Crippen LogP contribution >= 0.6 is 0 Å². The lowest BCUT2D eigenvalue weighted by Crippen LogP contribution is -1.90. The van der Waals surface area contributed by atoms with Crippen LogP contribution in [0, 0.1) is 13.8 Å². The summed E-state index contributed by atoms with van der Waals surface area (Å²) in [4.78, 5) is 20.6. The number of pyridine rings is 1. The smallest absolute Gasteiger partial charge is 0.373 e. The minimum atomic E-state index is 0.250. The molecule has 0 aliphatic rings. The van der Waals surface area contributed by atoms with Crippen molar-refractivity contribution in [1.29, 1.82) is 0 Å². The molecule has 1 aromatic heterocycles. The van der Waals surface area contributed by atoms with E-state index in [-0.39, 0.29) is 6.15 Å². The number of nitrogens with zero attached hydrogens (tertiary/aromatic N) is 1. The number of ether oxygens (including phenoxy) is 1. The Labute approximate surface area is 133 Å². The van der Waals surface area contributed by atoms with Crippen molar-refractivity contribution in [3.63, 3.8) is 0 Å². The van der Waals surface area contributed by atoms with Gasteiger partial charge in [0.15, 0.2) is 0 Å². The van der Waals surface area contributed by atoms with Crippen LogP contribution in [0.25, 0.3) is 10.9 Å². The third-order valence-corrected chi connectivity index (χ3v) is 3.42. The van der Waals surface area contributed by atoms with Crippen LogP contribution in [0.2, 0.25) is 0 Å². The van der Waals surface area contributed by atoms with Gasteiger partial charge in [-0.05, 0) is 67.4 Å². The SMILES string of the molecule is Cc1cc2nccc(Oc3ccc(N)cc3)c2cc1C.O=C=O. The van der Waals surface area contributed by atoms with E-state index < -0.39 is 0 Å². The Balaban J connectivity index is 0.000000595. The molecule has 23 heavy (non-hydrogen) atoms. The quantitative estimate of drug-likeness (QED) is 0.731. The molecule has 0 saturated heterocycles. The van der Waals surface area contributed by atoms with Crippen molar-refractivity contribution in [2.45, 2.75) is 13.8 Å². The summed E-state index contributed by atoms with van der Waals surface area (Å²) in [5, 5.41) is 1.02. The molecule has 0 aliphatic heterocycles. The van der Waals surface area contributed by atoms with Crippen LogP contribution in [0.15, 0.2) is 48.7 Å². The molecule has 2 aromatic carbocycles. The van der Waals surface area contributed by atoms with E-state index in [9.17, 15) is 0 Å². The van der Waals surface area contributed by atoms with E-state index in [1.54, 1.807) is 6.20 Å². The van der Waals surface area contributed by atoms with Gasteiger partial charge in [-0.25, -0.2) is 0 Å². The lowest BCUT2D eigenvalue weighted by molar-refractivity contribution is -0.191. The monoisotopic (exact) mass is 308 g/mol. The molecule has 0 bridgehead atoms. The minimum Gasteiger partial charge on any atom is -0.457 e. The number of aryl methyl sites for hydroxylation is 2. The van der Waals surface area contributed by atoms with Crippen molar-refractivity contribution in [3.05, 3.63) is 59.8 Å². The first-order valence-corrected chi connectivity index (χ1v) is 6.94. The second-order valence-electron chi connectivity index (χ2n) is 5.02. The second kappa shape index (κ2) is 7.20. The maximum Gasteiger partial charge on any atom is 0.373 e. The molecule has 3 aromatic rings. The first kappa shape index (κ1) is 16.2. The third kappa shape index (κ3) is 3.93. The van der Waals surface area contributed by atoms with Crippen molar-refractivity contribution >= 4 is 22.7 Å². The van der Waals surface area contributed by atoms with Gasteiger partial charge in [0.25, 0.3) is 0 Å². The Kier molecular flexibility index (Phi) is 5.07. The maximum atomic E-state index is 8.12. The molecule has 0 spiro atoms. The van der Waals surface area contributed by atoms with E-state index in [1.165, 1.54) is 11.1 Å². The van der Waals surface area contributed by atoms with E-state index in [0.717, 1.165) is 28.1 Å². The molecule has 2 N–H and O–H groups in total. The van der Waals surface area contributed by atoms with Crippen LogP contribution in [0.3, 0.4) is 0 Å². The topological polar surface area (TPSA) is 82.3 Å². The normalized spacial score (nSPS) is 9.65. The Morgan fingerprint density at radius 3 is 2.26 bits per heavy atom. The van der Waals surface area contributed by atoms with Crippen LogP contribution in [-0.2, 0) is 9.59 Å². The van der Waals surface area contributed by atoms with Gasteiger partial charge in [-0.15, -0.1) is 0 Å². The van der Waals surface area contributed by atoms with Gasteiger partial charge >= 0.3 is 6.15 Å². The number of rotatable bonds is 2. The van der Waals surface area contributed by atoms with Crippen molar-refractivity contribution in [2.75, 3.05) is 5.73 Å². The number of benzene rings is 2. The number of hydrogen-bond donors (Lipinski definition) is 1. The Morgan fingerprint density at radius 1 is 1.00 bits per heavy atom. The first-order valence-electron chi connectivity index (χ1n) is 6.94. The third-order valence-electron chi connectivity index (χ3n) is 3.42. The molecular formula is C18H16N2O3. The standard InChI is InChI=1S/C17H16N2O.CO2/c1-11-9-15-16(10-12(11)2)19-8-7-17(15)20-14-5-3-13(18)4-6-14;2-1-3/h3-10H,18H2,1-2H3;. The average molecular weight is 308 g/mol. The Morgan fingerprint density at radius 2 is 1.61 bits per heavy atom. The molecule has 116 valence electrons. The average Bonchev–Trinajstić information content (AvgIpc) is 2.52. The van der Waals surface area contributed by atoms with Crippen LogP contribution in [0.4, 0.5) is 5.69 Å². The van der Waals surface area contributed by atoms with E-state index in [2.05, 4.69) is 31.0 Å². The fourth-order valence-electron chi connectivity index (χ4n) is 2.13. The molecule has 0 fully saturated rings. The van der Waals surface area contributed by atoms with E-state index in [4.69, 9.17) is 20.1 Å². The van der Waals surface area contributed by atoms with Gasteiger partial charge in [0.1, 0.15) is 11.5 Å². The molecule has 0 atom stereocenters. The van der Waals surface area contributed by atoms with Gasteiger partial charge in [-0.2, -0.15) is 9.59 Å². The molecule has 0 unspecified atom stereocenters. The minimum absolute atomic E-state index is 0.250. The largest absolute Gasteiger partial charge is 0.457 e. The molecular weight excluding hydrogens is 292 g/mol. The molecule has 3 rings (SSSR count). The number of anilines is 1. The fourth-order valence-corrected chi connectivity index (χ4v) is 2.13. The summed E-state index contributed by atoms with van der Waals surface area (Å²) in [5.41, 5.74) is 9.81. The highest BCUT2D eigenvalue weighted by Gasteiger charge is 2.06. The van der Waals surface area contributed by atoms with Gasteiger partial charge in [-0.1, -0.05) is 0 Å². The summed E-state index contributed by atoms with van der Waals surface area (Å²) in [6.45, 7) is 4.18. The summed E-state index contributed by atoms with van der Waals surface area (Å²) in [7, 11) is 0. The lowest BCUT2D eigenvalue weighted by atomic mass is 10.1. The zero-order valence-corrected chi connectivity index (χ0v) is 12.9. The van der Waals surface area contributed by atoms with Crippen molar-refractivity contribution in [3.8, 4) is 11.5 Å². The van der Waals surface area contributed by atoms with Crippen molar-refractivity contribution < 1.29 is 14.3 Å². The summed E-state index contributed by atoms with van der Waals surface area (Å²) < 4.78 is 5.95. The van der Waals surface area contributed by atoms with Crippen LogP contribution in [0.5, 0.6) is 11.5 Å². The van der Waals surface area contributed by atoms with Gasteiger partial charge in [0.05, 0.1) is 5.52 Å². The second-order valence-corrected chi connectivity index (χ2v) is 5.02. The van der Waals surface area contributed by atoms with Gasteiger partial charge in [-0.3, -0.25) is 4.98 Å². The molecule has 5 heteroatoms. The van der Waals surface area contributed by atoms with Crippen molar-refractivity contribution in [2.24, 2.45) is 0 Å². The highest BCUT2D eigenvalue weighted by molar-refractivity contribution is 5.86. The molecule has 5 nitrogen and oxygen atoms in total. The molecule has 0 aliphatic carbocycles. The highest BCUT2D eigenvalue weighted by atomic mass is 16.5. The summed E-state index contributed by atoms with van der Waals surface area (Å²) >= 11 is 0. The molecule has 0 amide bonds. The van der Waals surface area contributed by atoms with E-state index in [1.807, 2.05) is 30.3 Å². The van der Waals surface area contributed by atoms with E-state index >= 15 is 0 Å². The predicted octanol–water partition coefficient (Wildman–Crippen LogP) is 3.64. The molecule has 0 radical (unpaired) electrons. The van der Waals surface area contributed by atoms with Gasteiger partial charge in [0.2, 0.25) is 0 Å². The summed E-state index contributed by atoms with van der Waals surface area (Å²) in [6.07, 6.45) is 2.02. The number of nitrogen functional groups attached to an aromatic ring is 1. The Bertz CT molecular complexity index is 852. The zero-order chi connectivity index (χ0) is 16.8. The molecule has 1 heterocycles. The summed E-state index contributed by atoms with van der Waals surface area (Å²) in [6, 6.07) is 13.5. The number of hydrogen-bond acceptors (Lipinski definition) is 5. The number of fused-ring (bicyclic) bond motifs is 1. The van der Waals surface area contributed by atoms with Crippen LogP contribution < -0.4 is 10.5 Å². The Hall–Kier alpha value is -3.17. The number of carbonyl (C=O) groups excluding carboxylic acids is 2. The number of nitrogens with two attached hydrogens (primary N) is 1. The molecule has 0 saturated carbocycles. The zero-order valence-electron chi connectivity index (χ0n) is 12.9. The summed E-state index contributed by atoms with van der Waals surface area (Å²) in [5.74, 6) is 1.58. The van der Waals surface area contributed by atoms with Crippen LogP contribution in [0.1, 0.15) is 11.1 Å². The van der Waals surface area contributed by atoms with Gasteiger partial charge in [0, 0.05) is 17.3 Å². The maximum absolute atomic E-state index is 8.12. The lowest BCUT2D eigenvalue weighted by Gasteiger charge is -2.10. The van der Waals surface area contributed by atoms with E-state index in [0.29, 0.717) is 0 Å². The van der Waals surface area contributed by atoms with Crippen LogP contribution in [-0.4, -0.2) is 11.1 Å². The van der Waals surface area contributed by atoms with Crippen molar-refractivity contribution in [1.82, 2.24) is 4.98 Å². The predicted molar refractivity (Wildman–Crippen MR) is 87.2 cm³/mol. The first-order chi connectivity index (χ1) is 11.0. The number of aromatic nitrogens is 1. The fraction of sp³-hybridized carbons (Fsp3) is 0.111. The van der Waals surface area contributed by atoms with Gasteiger partial charge < -0.3 is 10.5 Å².